The summed E-state index contributed by atoms with van der Waals surface area (Å²) in [5, 5.41) is 22.3. The van der Waals surface area contributed by atoms with Crippen LogP contribution in [0.4, 0.5) is 0 Å². The zero-order chi connectivity index (χ0) is 18.8. The number of aliphatic carboxylic acids is 1. The van der Waals surface area contributed by atoms with Crippen molar-refractivity contribution in [3.8, 4) is 0 Å². The number of quaternary nitrogens is 1. The Bertz CT molecular complexity index is 657. The van der Waals surface area contributed by atoms with E-state index in [0.29, 0.717) is 25.1 Å². The summed E-state index contributed by atoms with van der Waals surface area (Å²) in [6.45, 7) is 0.938. The standard InChI is InChI=1S/C20H27NO5/c1-21(14-18(22)23)12-11-17(13-21)26-19(24)20(25,16-9-5-6-10-16)15-7-3-2-4-8-15/h2-4,7-8,16-17,25H,5-6,9-14H2,1H3. The van der Waals surface area contributed by atoms with Crippen LogP contribution in [-0.4, -0.2) is 54.3 Å². The molecule has 6 heteroatoms. The highest BCUT2D eigenvalue weighted by atomic mass is 16.6. The van der Waals surface area contributed by atoms with E-state index in [2.05, 4.69) is 0 Å². The van der Waals surface area contributed by atoms with Crippen molar-refractivity contribution in [1.29, 1.82) is 0 Å². The second-order valence-corrected chi connectivity index (χ2v) is 7.99. The lowest BCUT2D eigenvalue weighted by atomic mass is 9.80. The molecule has 3 rings (SSSR count). The molecule has 0 radical (unpaired) electrons. The van der Waals surface area contributed by atoms with Crippen molar-refractivity contribution in [2.45, 2.75) is 43.8 Å². The van der Waals surface area contributed by atoms with Crippen LogP contribution < -0.4 is 5.11 Å². The first-order valence-electron chi connectivity index (χ1n) is 9.36. The van der Waals surface area contributed by atoms with Gasteiger partial charge in [-0.05, 0) is 18.4 Å². The molecule has 2 fully saturated rings. The Balaban J connectivity index is 1.76. The van der Waals surface area contributed by atoms with Crippen LogP contribution >= 0.6 is 0 Å². The zero-order valence-electron chi connectivity index (χ0n) is 15.2. The van der Waals surface area contributed by atoms with Gasteiger partial charge in [-0.15, -0.1) is 0 Å². The predicted octanol–water partition coefficient (Wildman–Crippen LogP) is 0.576. The summed E-state index contributed by atoms with van der Waals surface area (Å²) in [7, 11) is 1.82. The highest BCUT2D eigenvalue weighted by Crippen LogP contribution is 2.42. The van der Waals surface area contributed by atoms with Crippen molar-refractivity contribution in [2.75, 3.05) is 26.7 Å². The SMILES string of the molecule is C[N+]1(CC(=O)[O-])CCC(OC(=O)C(O)(c2ccccc2)C2CCCC2)C1. The average Bonchev–Trinajstić information content (AvgIpc) is 3.25. The first kappa shape index (κ1) is 18.9. The molecule has 1 aliphatic carbocycles. The van der Waals surface area contributed by atoms with Crippen LogP contribution in [0.3, 0.4) is 0 Å². The number of hydrogen-bond acceptors (Lipinski definition) is 5. The fraction of sp³-hybridized carbons (Fsp3) is 0.600. The van der Waals surface area contributed by atoms with E-state index in [0.717, 1.165) is 25.7 Å². The molecular formula is C20H27NO5. The number of likely N-dealkylation sites (tertiary alicyclic amines) is 1. The number of hydrogen-bond donors (Lipinski definition) is 1. The number of aliphatic hydroxyl groups is 1. The average molecular weight is 361 g/mol. The van der Waals surface area contributed by atoms with Crippen LogP contribution in [0.5, 0.6) is 0 Å². The molecule has 1 aromatic carbocycles. The van der Waals surface area contributed by atoms with Crippen LogP contribution in [-0.2, 0) is 19.9 Å². The fourth-order valence-electron chi connectivity index (χ4n) is 4.48. The summed E-state index contributed by atoms with van der Waals surface area (Å²) < 4.78 is 5.99. The first-order valence-corrected chi connectivity index (χ1v) is 9.36. The van der Waals surface area contributed by atoms with E-state index < -0.39 is 17.5 Å². The van der Waals surface area contributed by atoms with Crippen LogP contribution in [0.25, 0.3) is 0 Å². The van der Waals surface area contributed by atoms with Crippen molar-refractivity contribution in [2.24, 2.45) is 5.92 Å². The number of carboxylic acids is 1. The molecule has 2 aliphatic rings. The van der Waals surface area contributed by atoms with Gasteiger partial charge in [-0.2, -0.15) is 0 Å². The molecule has 1 heterocycles. The second-order valence-electron chi connectivity index (χ2n) is 7.99. The molecular weight excluding hydrogens is 334 g/mol. The lowest BCUT2D eigenvalue weighted by Gasteiger charge is -2.33. The largest absolute Gasteiger partial charge is 0.544 e. The Labute approximate surface area is 154 Å². The Morgan fingerprint density at radius 2 is 1.88 bits per heavy atom. The monoisotopic (exact) mass is 361 g/mol. The predicted molar refractivity (Wildman–Crippen MR) is 92.6 cm³/mol. The first-order chi connectivity index (χ1) is 12.3. The number of carbonyl (C=O) groups excluding carboxylic acids is 2. The minimum absolute atomic E-state index is 0.0976. The van der Waals surface area contributed by atoms with Gasteiger partial charge in [-0.1, -0.05) is 43.2 Å². The number of carboxylic acid groups (broad SMARTS) is 1. The highest BCUT2D eigenvalue weighted by Gasteiger charge is 2.49. The van der Waals surface area contributed by atoms with E-state index in [4.69, 9.17) is 4.74 Å². The van der Waals surface area contributed by atoms with Gasteiger partial charge in [0.25, 0.3) is 0 Å². The Morgan fingerprint density at radius 1 is 1.23 bits per heavy atom. The number of rotatable bonds is 6. The number of nitrogens with zero attached hydrogens (tertiary/aromatic N) is 1. The van der Waals surface area contributed by atoms with Gasteiger partial charge < -0.3 is 24.2 Å². The zero-order valence-corrected chi connectivity index (χ0v) is 15.2. The second kappa shape index (κ2) is 7.37. The van der Waals surface area contributed by atoms with Gasteiger partial charge in [0.05, 0.1) is 19.6 Å². The lowest BCUT2D eigenvalue weighted by molar-refractivity contribution is -0.893. The van der Waals surface area contributed by atoms with Crippen molar-refractivity contribution in [3.05, 3.63) is 35.9 Å². The van der Waals surface area contributed by atoms with Crippen LogP contribution in [0.1, 0.15) is 37.7 Å². The minimum Gasteiger partial charge on any atom is -0.544 e. The quantitative estimate of drug-likeness (QED) is 0.592. The molecule has 0 aromatic heterocycles. The van der Waals surface area contributed by atoms with E-state index in [1.807, 2.05) is 25.2 Å². The van der Waals surface area contributed by atoms with E-state index in [1.54, 1.807) is 12.1 Å². The van der Waals surface area contributed by atoms with Gasteiger partial charge in [0, 0.05) is 12.3 Å². The minimum atomic E-state index is -1.64. The van der Waals surface area contributed by atoms with E-state index in [1.165, 1.54) is 0 Å². The van der Waals surface area contributed by atoms with E-state index in [9.17, 15) is 19.8 Å². The van der Waals surface area contributed by atoms with Crippen LogP contribution in [0.2, 0.25) is 0 Å². The van der Waals surface area contributed by atoms with Gasteiger partial charge in [0.1, 0.15) is 13.1 Å². The molecule has 1 aliphatic heterocycles. The summed E-state index contributed by atoms with van der Waals surface area (Å²) >= 11 is 0. The molecule has 1 aromatic rings. The summed E-state index contributed by atoms with van der Waals surface area (Å²) in [6, 6.07) is 9.01. The molecule has 3 atom stereocenters. The number of esters is 1. The highest BCUT2D eigenvalue weighted by molar-refractivity contribution is 5.81. The molecule has 1 saturated carbocycles. The molecule has 6 nitrogen and oxygen atoms in total. The number of ether oxygens (including phenoxy) is 1. The summed E-state index contributed by atoms with van der Waals surface area (Å²) in [6.07, 6.45) is 3.79. The lowest BCUT2D eigenvalue weighted by Crippen LogP contribution is -2.51. The third kappa shape index (κ3) is 3.76. The Morgan fingerprint density at radius 3 is 2.50 bits per heavy atom. The number of benzene rings is 1. The number of likely N-dealkylation sites (N-methyl/N-ethyl adjacent to an activating group) is 1. The van der Waals surface area contributed by atoms with Crippen LogP contribution in [0, 0.1) is 5.92 Å². The van der Waals surface area contributed by atoms with Crippen molar-refractivity contribution < 1.29 is 29.0 Å². The van der Waals surface area contributed by atoms with Crippen molar-refractivity contribution in [1.82, 2.24) is 0 Å². The molecule has 1 saturated heterocycles. The maximum atomic E-state index is 13.0. The maximum absolute atomic E-state index is 13.0. The third-order valence-electron chi connectivity index (χ3n) is 5.89. The molecule has 3 unspecified atom stereocenters. The van der Waals surface area contributed by atoms with Gasteiger partial charge in [0.2, 0.25) is 0 Å². The molecule has 1 N–H and O–H groups in total. The molecule has 0 bridgehead atoms. The molecule has 0 amide bonds. The van der Waals surface area contributed by atoms with E-state index >= 15 is 0 Å². The number of carbonyl (C=O) groups is 2. The summed E-state index contributed by atoms with van der Waals surface area (Å²) in [5.41, 5.74) is -1.07. The maximum Gasteiger partial charge on any atom is 0.343 e. The molecule has 142 valence electrons. The molecule has 0 spiro atoms. The fourth-order valence-corrected chi connectivity index (χ4v) is 4.48. The van der Waals surface area contributed by atoms with E-state index in [-0.39, 0.29) is 23.0 Å². The van der Waals surface area contributed by atoms with Gasteiger partial charge in [-0.25, -0.2) is 4.79 Å². The Kier molecular flexibility index (Phi) is 5.34. The van der Waals surface area contributed by atoms with Crippen LogP contribution in [0.15, 0.2) is 30.3 Å². The normalized spacial score (nSPS) is 28.6. The smallest absolute Gasteiger partial charge is 0.343 e. The third-order valence-corrected chi connectivity index (χ3v) is 5.89. The van der Waals surface area contributed by atoms with Crippen molar-refractivity contribution in [3.63, 3.8) is 0 Å². The summed E-state index contributed by atoms with van der Waals surface area (Å²) in [5.74, 6) is -1.86. The topological polar surface area (TPSA) is 86.7 Å². The van der Waals surface area contributed by atoms with Gasteiger partial charge in [-0.3, -0.25) is 0 Å². The van der Waals surface area contributed by atoms with Crippen molar-refractivity contribution >= 4 is 11.9 Å². The van der Waals surface area contributed by atoms with Gasteiger partial charge in [0.15, 0.2) is 11.7 Å². The molecule has 26 heavy (non-hydrogen) atoms. The van der Waals surface area contributed by atoms with Gasteiger partial charge >= 0.3 is 5.97 Å². The summed E-state index contributed by atoms with van der Waals surface area (Å²) in [4.78, 5) is 24.0. The Hall–Kier alpha value is -1.92.